The Labute approximate surface area is 57.1 Å². The molecule has 0 fully saturated rings. The topological polar surface area (TPSA) is 54.4 Å². The lowest BCUT2D eigenvalue weighted by molar-refractivity contribution is 0.318. The van der Waals surface area contributed by atoms with Crippen molar-refractivity contribution in [2.45, 2.75) is 6.92 Å². The molecule has 6 heteroatoms. The van der Waals surface area contributed by atoms with Crippen molar-refractivity contribution in [1.29, 1.82) is 0 Å². The van der Waals surface area contributed by atoms with E-state index in [1.807, 2.05) is 0 Å². The fourth-order valence-electron chi connectivity index (χ4n) is 0. The van der Waals surface area contributed by atoms with E-state index >= 15 is 0 Å². The van der Waals surface area contributed by atoms with Gasteiger partial charge in [0.1, 0.15) is 0 Å². The predicted molar refractivity (Wildman–Crippen MR) is 33.4 cm³/mol. The van der Waals surface area contributed by atoms with Crippen LogP contribution in [0.25, 0.3) is 0 Å². The molecule has 0 aromatic rings. The molecule has 8 heavy (non-hydrogen) atoms. The van der Waals surface area contributed by atoms with Gasteiger partial charge in [-0.3, -0.25) is 0 Å². The van der Waals surface area contributed by atoms with E-state index in [9.17, 15) is 0 Å². The lowest BCUT2D eigenvalue weighted by Crippen LogP contribution is -1.63. The largest absolute Gasteiger partial charge is 0.397 e. The van der Waals surface area contributed by atoms with E-state index in [0.29, 0.717) is 0 Å². The highest BCUT2D eigenvalue weighted by molar-refractivity contribution is 8.31. The number of aliphatic hydroxyl groups excluding tert-OH is 1. The van der Waals surface area contributed by atoms with E-state index in [4.69, 9.17) is 13.5 Å². The van der Waals surface area contributed by atoms with Crippen LogP contribution in [0.3, 0.4) is 0 Å². The number of hydrogen-bond acceptors (Lipinski definition) is 3. The standard InChI is InChI=1S/C2H6O.Cl2O2S/c1-2-3;1-5(2,3)4/h3H,2H2,1H3;. The molecule has 0 aliphatic heterocycles. The summed E-state index contributed by atoms with van der Waals surface area (Å²) >= 11 is 0. The Balaban J connectivity index is 0. The minimum atomic E-state index is -3.72. The molecule has 0 atom stereocenters. The van der Waals surface area contributed by atoms with E-state index < -0.39 is 8.26 Å². The van der Waals surface area contributed by atoms with Crippen LogP contribution >= 0.6 is 21.4 Å². The molecule has 0 bridgehead atoms. The van der Waals surface area contributed by atoms with Crippen molar-refractivity contribution < 1.29 is 13.5 Å². The third kappa shape index (κ3) is 815. The van der Waals surface area contributed by atoms with E-state index in [-0.39, 0.29) is 6.61 Å². The molecule has 0 amide bonds. The number of hydrogen-bond donors (Lipinski definition) is 1. The molecular formula is C2H6Cl2O3S. The van der Waals surface area contributed by atoms with Gasteiger partial charge in [-0.25, -0.2) is 0 Å². The van der Waals surface area contributed by atoms with E-state index in [0.717, 1.165) is 0 Å². The monoisotopic (exact) mass is 180 g/mol. The summed E-state index contributed by atoms with van der Waals surface area (Å²) in [5.74, 6) is 0. The molecule has 0 saturated carbocycles. The van der Waals surface area contributed by atoms with Crippen LogP contribution in [0.5, 0.6) is 0 Å². The van der Waals surface area contributed by atoms with Crippen molar-refractivity contribution in [2.75, 3.05) is 6.61 Å². The summed E-state index contributed by atoms with van der Waals surface area (Å²) in [6.45, 7) is 1.93. The smallest absolute Gasteiger partial charge is 0.317 e. The number of rotatable bonds is 0. The highest BCUT2D eigenvalue weighted by atomic mass is 36.0. The van der Waals surface area contributed by atoms with Gasteiger partial charge >= 0.3 is 8.26 Å². The van der Waals surface area contributed by atoms with Gasteiger partial charge in [0.05, 0.1) is 0 Å². The second-order valence-electron chi connectivity index (χ2n) is 0.695. The Morgan fingerprint density at radius 2 is 1.50 bits per heavy atom. The van der Waals surface area contributed by atoms with Crippen LogP contribution in [0.15, 0.2) is 0 Å². The minimum Gasteiger partial charge on any atom is -0.397 e. The molecule has 52 valence electrons. The Hall–Kier alpha value is 0.490. The zero-order chi connectivity index (χ0) is 7.21. The molecule has 0 saturated heterocycles. The summed E-state index contributed by atoms with van der Waals surface area (Å²) in [5, 5.41) is 7.57. The molecule has 0 radical (unpaired) electrons. The summed E-state index contributed by atoms with van der Waals surface area (Å²) < 4.78 is 18.3. The first kappa shape index (κ1) is 11.3. The zero-order valence-corrected chi connectivity index (χ0v) is 6.46. The van der Waals surface area contributed by atoms with Gasteiger partial charge in [0, 0.05) is 28.0 Å². The molecular weight excluding hydrogens is 175 g/mol. The van der Waals surface area contributed by atoms with Gasteiger partial charge in [0.25, 0.3) is 0 Å². The summed E-state index contributed by atoms with van der Waals surface area (Å²) in [4.78, 5) is 0. The molecule has 0 aliphatic rings. The average Bonchev–Trinajstić information content (AvgIpc) is 1.27. The van der Waals surface area contributed by atoms with Gasteiger partial charge in [-0.2, -0.15) is 8.42 Å². The van der Waals surface area contributed by atoms with Crippen molar-refractivity contribution in [3.63, 3.8) is 0 Å². The van der Waals surface area contributed by atoms with Gasteiger partial charge in [-0.1, -0.05) is 0 Å². The highest BCUT2D eigenvalue weighted by Gasteiger charge is 1.88. The number of aliphatic hydroxyl groups is 1. The Bertz CT molecular complexity index is 109. The van der Waals surface area contributed by atoms with Crippen molar-refractivity contribution in [3.05, 3.63) is 0 Å². The Kier molecular flexibility index (Phi) is 7.95. The summed E-state index contributed by atoms with van der Waals surface area (Å²) in [7, 11) is 4.81. The Morgan fingerprint density at radius 3 is 1.50 bits per heavy atom. The molecule has 0 aliphatic carbocycles. The maximum atomic E-state index is 9.16. The first-order chi connectivity index (χ1) is 3.41. The van der Waals surface area contributed by atoms with Gasteiger partial charge in [0.15, 0.2) is 0 Å². The SMILES string of the molecule is CCO.O=S(=O)(Cl)Cl. The molecule has 0 heterocycles. The fraction of sp³-hybridized carbons (Fsp3) is 1.00. The normalized spacial score (nSPS) is 9.50. The maximum Gasteiger partial charge on any atom is 0.317 e. The van der Waals surface area contributed by atoms with Crippen LogP contribution in [0, 0.1) is 0 Å². The second kappa shape index (κ2) is 5.62. The van der Waals surface area contributed by atoms with Gasteiger partial charge in [0.2, 0.25) is 0 Å². The van der Waals surface area contributed by atoms with E-state index in [1.54, 1.807) is 6.92 Å². The van der Waals surface area contributed by atoms with Crippen LogP contribution in [0.4, 0.5) is 0 Å². The van der Waals surface area contributed by atoms with Gasteiger partial charge in [-0.15, -0.1) is 0 Å². The molecule has 0 aromatic carbocycles. The molecule has 0 aromatic heterocycles. The molecule has 1 N–H and O–H groups in total. The summed E-state index contributed by atoms with van der Waals surface area (Å²) in [5.41, 5.74) is 0. The summed E-state index contributed by atoms with van der Waals surface area (Å²) in [6, 6.07) is 0. The van der Waals surface area contributed by atoms with Gasteiger partial charge in [-0.05, 0) is 6.92 Å². The summed E-state index contributed by atoms with van der Waals surface area (Å²) in [6.07, 6.45) is 0. The van der Waals surface area contributed by atoms with Crippen LogP contribution in [-0.4, -0.2) is 20.1 Å². The van der Waals surface area contributed by atoms with Crippen LogP contribution in [0.2, 0.25) is 0 Å². The van der Waals surface area contributed by atoms with Gasteiger partial charge < -0.3 is 5.11 Å². The number of halogens is 2. The average molecular weight is 181 g/mol. The van der Waals surface area contributed by atoms with Crippen molar-refractivity contribution in [2.24, 2.45) is 0 Å². The maximum absolute atomic E-state index is 9.16. The predicted octanol–water partition coefficient (Wildman–Crippen LogP) is 0.707. The van der Waals surface area contributed by atoms with Crippen LogP contribution < -0.4 is 0 Å². The fourth-order valence-corrected chi connectivity index (χ4v) is 0. The Morgan fingerprint density at radius 1 is 1.50 bits per heavy atom. The van der Waals surface area contributed by atoms with E-state index in [1.165, 1.54) is 0 Å². The first-order valence-corrected chi connectivity index (χ1v) is 4.80. The van der Waals surface area contributed by atoms with E-state index in [2.05, 4.69) is 21.4 Å². The highest BCUT2D eigenvalue weighted by Crippen LogP contribution is 1.98. The molecule has 3 nitrogen and oxygen atoms in total. The van der Waals surface area contributed by atoms with Crippen molar-refractivity contribution in [1.82, 2.24) is 0 Å². The van der Waals surface area contributed by atoms with Crippen LogP contribution in [0.1, 0.15) is 6.92 Å². The molecule has 0 rings (SSSR count). The quantitative estimate of drug-likeness (QED) is 0.560. The third-order valence-electron chi connectivity index (χ3n) is 0. The molecule has 0 unspecified atom stereocenters. The van der Waals surface area contributed by atoms with Crippen molar-refractivity contribution >= 4 is 29.6 Å². The minimum absolute atomic E-state index is 0.250. The molecule has 0 spiro atoms. The zero-order valence-electron chi connectivity index (χ0n) is 4.13. The van der Waals surface area contributed by atoms with Crippen molar-refractivity contribution in [3.8, 4) is 0 Å². The second-order valence-corrected chi connectivity index (χ2v) is 4.36. The lowest BCUT2D eigenvalue weighted by Gasteiger charge is -1.61. The first-order valence-electron chi connectivity index (χ1n) is 1.67. The third-order valence-corrected chi connectivity index (χ3v) is 0. The lowest BCUT2D eigenvalue weighted by atomic mass is 10.9. The van der Waals surface area contributed by atoms with Crippen LogP contribution in [-0.2, 0) is 8.26 Å².